The van der Waals surface area contributed by atoms with Crippen molar-refractivity contribution in [1.82, 2.24) is 25.1 Å². The molecule has 3 fully saturated rings. The van der Waals surface area contributed by atoms with Crippen molar-refractivity contribution in [2.75, 3.05) is 29.9 Å². The van der Waals surface area contributed by atoms with E-state index in [0.29, 0.717) is 17.9 Å². The van der Waals surface area contributed by atoms with E-state index in [0.717, 1.165) is 75.7 Å². The third kappa shape index (κ3) is 4.76. The minimum absolute atomic E-state index is 0.413. The number of fused-ring (bicyclic) bond motifs is 1. The minimum Gasteiger partial charge on any atom is -0.345 e. The average Bonchev–Trinajstić information content (AvgIpc) is 3.59. The Morgan fingerprint density at radius 2 is 1.80 bits per heavy atom. The van der Waals surface area contributed by atoms with Crippen molar-refractivity contribution in [3.8, 4) is 0 Å². The maximum Gasteiger partial charge on any atom is 0.227 e. The summed E-state index contributed by atoms with van der Waals surface area (Å²) in [5.41, 5.74) is 3.73. The second-order valence-electron chi connectivity index (χ2n) is 11.1. The quantitative estimate of drug-likeness (QED) is 0.586. The van der Waals surface area contributed by atoms with Gasteiger partial charge in [0.1, 0.15) is 5.82 Å². The fourth-order valence-electron chi connectivity index (χ4n) is 6.94. The molecule has 2 aromatic rings. The summed E-state index contributed by atoms with van der Waals surface area (Å²) in [7, 11) is 0. The Labute approximate surface area is 208 Å². The maximum absolute atomic E-state index is 11.4. The van der Waals surface area contributed by atoms with Crippen LogP contribution in [0.25, 0.3) is 0 Å². The standard InChI is InChI=1S/C27H39N7O/c35-18-33-14-6-10-20(17-33)24-13-7-15-34(24)27-28-22-12-5-4-11-21(22)26(30-27)29-25-16-23(31-32-25)19-8-2-1-3-9-19/h16,18-20,24H,1-15,17H2,(H2,28,29,30,31,32). The molecule has 35 heavy (non-hydrogen) atoms. The van der Waals surface area contributed by atoms with Gasteiger partial charge in [0.25, 0.3) is 0 Å². The highest BCUT2D eigenvalue weighted by atomic mass is 16.1. The van der Waals surface area contributed by atoms with Crippen molar-refractivity contribution in [2.24, 2.45) is 5.92 Å². The molecule has 8 heteroatoms. The Hall–Kier alpha value is -2.64. The number of carbonyl (C=O) groups is 1. The predicted octanol–water partition coefficient (Wildman–Crippen LogP) is 4.71. The number of nitrogens with zero attached hydrogens (tertiary/aromatic N) is 5. The fourth-order valence-corrected chi connectivity index (χ4v) is 6.94. The first-order valence-electron chi connectivity index (χ1n) is 14.0. The van der Waals surface area contributed by atoms with Crippen molar-refractivity contribution >= 4 is 24.0 Å². The number of amides is 1. The summed E-state index contributed by atoms with van der Waals surface area (Å²) >= 11 is 0. The number of carbonyl (C=O) groups excluding carboxylic acids is 1. The van der Waals surface area contributed by atoms with E-state index in [9.17, 15) is 4.79 Å². The molecule has 6 rings (SSSR count). The third-order valence-corrected chi connectivity index (χ3v) is 8.80. The van der Waals surface area contributed by atoms with Gasteiger partial charge in [0, 0.05) is 48.9 Å². The summed E-state index contributed by atoms with van der Waals surface area (Å²) in [4.78, 5) is 26.1. The molecule has 2 saturated heterocycles. The second kappa shape index (κ2) is 10.2. The van der Waals surface area contributed by atoms with Crippen LogP contribution < -0.4 is 10.2 Å². The first-order chi connectivity index (χ1) is 17.3. The van der Waals surface area contributed by atoms with Crippen LogP contribution >= 0.6 is 0 Å². The fraction of sp³-hybridized carbons (Fsp3) is 0.704. The van der Waals surface area contributed by atoms with Gasteiger partial charge in [-0.2, -0.15) is 10.1 Å². The molecule has 2 aliphatic carbocycles. The van der Waals surface area contributed by atoms with Crippen LogP contribution in [0.3, 0.4) is 0 Å². The Bertz CT molecular complexity index is 1030. The largest absolute Gasteiger partial charge is 0.345 e. The Morgan fingerprint density at radius 3 is 2.69 bits per heavy atom. The molecule has 1 saturated carbocycles. The highest BCUT2D eigenvalue weighted by molar-refractivity contribution is 5.60. The van der Waals surface area contributed by atoms with Gasteiger partial charge in [-0.05, 0) is 70.1 Å². The smallest absolute Gasteiger partial charge is 0.227 e. The monoisotopic (exact) mass is 477 g/mol. The van der Waals surface area contributed by atoms with Crippen LogP contribution in [-0.4, -0.2) is 57.2 Å². The van der Waals surface area contributed by atoms with E-state index in [-0.39, 0.29) is 0 Å². The number of anilines is 3. The number of hydrogen-bond donors (Lipinski definition) is 2. The summed E-state index contributed by atoms with van der Waals surface area (Å²) in [6.07, 6.45) is 16.5. The van der Waals surface area contributed by atoms with Crippen molar-refractivity contribution in [2.45, 2.75) is 95.4 Å². The van der Waals surface area contributed by atoms with Gasteiger partial charge in [-0.1, -0.05) is 19.3 Å². The zero-order chi connectivity index (χ0) is 23.6. The van der Waals surface area contributed by atoms with Crippen LogP contribution in [0.1, 0.15) is 93.5 Å². The minimum atomic E-state index is 0.413. The van der Waals surface area contributed by atoms with Gasteiger partial charge in [0.2, 0.25) is 12.4 Å². The van der Waals surface area contributed by atoms with Crippen LogP contribution in [0.5, 0.6) is 0 Å². The SMILES string of the molecule is O=CN1CCCC(C2CCCN2c2nc3c(c(Nc4cc(C5CCCCC5)[nH]n4)n2)CCCC3)C1. The first-order valence-corrected chi connectivity index (χ1v) is 14.0. The van der Waals surface area contributed by atoms with E-state index in [1.807, 2.05) is 4.90 Å². The average molecular weight is 478 g/mol. The van der Waals surface area contributed by atoms with Crippen LogP contribution in [0.15, 0.2) is 6.07 Å². The predicted molar refractivity (Wildman–Crippen MR) is 137 cm³/mol. The van der Waals surface area contributed by atoms with Gasteiger partial charge in [-0.25, -0.2) is 4.98 Å². The van der Waals surface area contributed by atoms with Gasteiger partial charge >= 0.3 is 0 Å². The maximum atomic E-state index is 11.4. The lowest BCUT2D eigenvalue weighted by molar-refractivity contribution is -0.119. The summed E-state index contributed by atoms with van der Waals surface area (Å²) in [6, 6.07) is 2.61. The lowest BCUT2D eigenvalue weighted by Crippen LogP contribution is -2.45. The highest BCUT2D eigenvalue weighted by Gasteiger charge is 2.36. The number of aromatic amines is 1. The molecule has 2 unspecified atom stereocenters. The van der Waals surface area contributed by atoms with Crippen molar-refractivity contribution < 1.29 is 4.79 Å². The van der Waals surface area contributed by atoms with E-state index in [1.165, 1.54) is 68.3 Å². The third-order valence-electron chi connectivity index (χ3n) is 8.80. The second-order valence-corrected chi connectivity index (χ2v) is 11.1. The van der Waals surface area contributed by atoms with Crippen LogP contribution in [0.4, 0.5) is 17.6 Å². The van der Waals surface area contributed by atoms with Crippen molar-refractivity contribution in [1.29, 1.82) is 0 Å². The summed E-state index contributed by atoms with van der Waals surface area (Å²) in [6.45, 7) is 2.75. The number of rotatable bonds is 6. The Kier molecular flexibility index (Phi) is 6.61. The molecular formula is C27H39N7O. The summed E-state index contributed by atoms with van der Waals surface area (Å²) < 4.78 is 0. The molecule has 2 N–H and O–H groups in total. The van der Waals surface area contributed by atoms with Gasteiger partial charge in [-0.15, -0.1) is 0 Å². The molecule has 8 nitrogen and oxygen atoms in total. The highest BCUT2D eigenvalue weighted by Crippen LogP contribution is 2.36. The lowest BCUT2D eigenvalue weighted by atomic mass is 9.87. The zero-order valence-electron chi connectivity index (χ0n) is 20.8. The molecule has 4 heterocycles. The van der Waals surface area contributed by atoms with E-state index in [4.69, 9.17) is 9.97 Å². The molecule has 0 bridgehead atoms. The lowest BCUT2D eigenvalue weighted by Gasteiger charge is -2.38. The van der Waals surface area contributed by atoms with Gasteiger partial charge in [-0.3, -0.25) is 9.89 Å². The van der Waals surface area contributed by atoms with Crippen molar-refractivity contribution in [3.63, 3.8) is 0 Å². The molecule has 2 aromatic heterocycles. The van der Waals surface area contributed by atoms with Gasteiger partial charge in [0.15, 0.2) is 5.82 Å². The van der Waals surface area contributed by atoms with E-state index >= 15 is 0 Å². The Morgan fingerprint density at radius 1 is 0.943 bits per heavy atom. The van der Waals surface area contributed by atoms with Crippen LogP contribution in [0, 0.1) is 5.92 Å². The molecule has 0 aromatic carbocycles. The number of aromatic nitrogens is 4. The summed E-state index contributed by atoms with van der Waals surface area (Å²) in [5.74, 6) is 3.78. The first kappa shape index (κ1) is 22.8. The molecule has 2 atom stereocenters. The molecule has 188 valence electrons. The van der Waals surface area contributed by atoms with Crippen LogP contribution in [0.2, 0.25) is 0 Å². The topological polar surface area (TPSA) is 90.0 Å². The van der Waals surface area contributed by atoms with E-state index in [1.54, 1.807) is 0 Å². The van der Waals surface area contributed by atoms with Gasteiger partial charge in [0.05, 0.1) is 5.69 Å². The normalized spacial score (nSPS) is 25.5. The number of H-pyrrole nitrogens is 1. The Balaban J connectivity index is 1.26. The van der Waals surface area contributed by atoms with E-state index in [2.05, 4.69) is 26.5 Å². The number of nitrogens with one attached hydrogen (secondary N) is 2. The molecule has 2 aliphatic heterocycles. The molecular weight excluding hydrogens is 438 g/mol. The van der Waals surface area contributed by atoms with E-state index < -0.39 is 0 Å². The molecule has 4 aliphatic rings. The summed E-state index contributed by atoms with van der Waals surface area (Å²) in [5, 5.41) is 11.5. The molecule has 0 radical (unpaired) electrons. The number of hydrogen-bond acceptors (Lipinski definition) is 6. The molecule has 0 spiro atoms. The number of piperidine rings is 1. The zero-order valence-corrected chi connectivity index (χ0v) is 20.8. The van der Waals surface area contributed by atoms with Gasteiger partial charge < -0.3 is 15.1 Å². The van der Waals surface area contributed by atoms with Crippen LogP contribution in [-0.2, 0) is 17.6 Å². The number of aryl methyl sites for hydroxylation is 1. The van der Waals surface area contributed by atoms with Crippen molar-refractivity contribution in [3.05, 3.63) is 23.0 Å². The molecule has 1 amide bonds. The number of likely N-dealkylation sites (tertiary alicyclic amines) is 1.